The van der Waals surface area contributed by atoms with E-state index in [-0.39, 0.29) is 23.8 Å². The van der Waals surface area contributed by atoms with E-state index >= 15 is 0 Å². The molecular formula is C19H16N4O4. The molecule has 0 radical (unpaired) electrons. The third kappa shape index (κ3) is 3.01. The first kappa shape index (κ1) is 16.8. The van der Waals surface area contributed by atoms with Crippen LogP contribution in [0.2, 0.25) is 0 Å². The Morgan fingerprint density at radius 2 is 1.85 bits per heavy atom. The molecule has 8 nitrogen and oxygen atoms in total. The summed E-state index contributed by atoms with van der Waals surface area (Å²) in [6.45, 7) is 2.02. The predicted octanol–water partition coefficient (Wildman–Crippen LogP) is 1.65. The molecule has 2 N–H and O–H groups in total. The van der Waals surface area contributed by atoms with Crippen molar-refractivity contribution < 1.29 is 9.21 Å². The second kappa shape index (κ2) is 6.56. The van der Waals surface area contributed by atoms with Gasteiger partial charge in [-0.1, -0.05) is 30.3 Å². The fourth-order valence-corrected chi connectivity index (χ4v) is 3.09. The van der Waals surface area contributed by atoms with E-state index < -0.39 is 11.7 Å². The van der Waals surface area contributed by atoms with Gasteiger partial charge in [-0.25, -0.2) is 9.89 Å². The largest absolute Gasteiger partial charge is 0.420 e. The lowest BCUT2D eigenvalue weighted by molar-refractivity contribution is 0.0932. The molecule has 2 aromatic heterocycles. The number of hydrogen-bond donors (Lipinski definition) is 2. The topological polar surface area (TPSA) is 110 Å². The van der Waals surface area contributed by atoms with Gasteiger partial charge in [0.2, 0.25) is 0 Å². The van der Waals surface area contributed by atoms with Crippen molar-refractivity contribution in [2.24, 2.45) is 0 Å². The van der Waals surface area contributed by atoms with Gasteiger partial charge >= 0.3 is 5.76 Å². The lowest BCUT2D eigenvalue weighted by atomic mass is 10.1. The Hall–Kier alpha value is -3.68. The van der Waals surface area contributed by atoms with Gasteiger partial charge in [0.1, 0.15) is 0 Å². The summed E-state index contributed by atoms with van der Waals surface area (Å²) in [5.74, 6) is -0.916. The molecule has 2 heterocycles. The van der Waals surface area contributed by atoms with Crippen LogP contribution in [-0.2, 0) is 6.54 Å². The minimum atomic E-state index is -0.482. The summed E-state index contributed by atoms with van der Waals surface area (Å²) in [4.78, 5) is 36.6. The molecule has 4 rings (SSSR count). The maximum Gasteiger partial charge on any atom is 0.420 e. The van der Waals surface area contributed by atoms with Crippen molar-refractivity contribution in [3.8, 4) is 0 Å². The van der Waals surface area contributed by atoms with E-state index in [0.717, 1.165) is 0 Å². The number of aromatic amines is 1. The van der Waals surface area contributed by atoms with Crippen molar-refractivity contribution in [3.63, 3.8) is 0 Å². The number of hydrogen-bond acceptors (Lipinski definition) is 5. The van der Waals surface area contributed by atoms with E-state index in [2.05, 4.69) is 15.5 Å². The number of oxazole rings is 1. The minimum absolute atomic E-state index is 0.126. The highest BCUT2D eigenvalue weighted by molar-refractivity contribution is 6.04. The van der Waals surface area contributed by atoms with Crippen LogP contribution < -0.4 is 16.6 Å². The molecule has 0 saturated heterocycles. The molecule has 1 amide bonds. The van der Waals surface area contributed by atoms with Gasteiger partial charge in [0.15, 0.2) is 11.3 Å². The van der Waals surface area contributed by atoms with Gasteiger partial charge in [-0.3, -0.25) is 14.2 Å². The van der Waals surface area contributed by atoms with Crippen LogP contribution in [0.25, 0.3) is 21.9 Å². The standard InChI is InChI=1S/C19H16N4O4/c1-11(10-23-14-8-4-5-9-15(14)27-19(23)26)20-18(25)16-12-6-2-3-7-13(12)17(24)22-21-16/h2-9,11H,10H2,1H3,(H,20,25)(H,22,24)/t11-/m0/s1. The summed E-state index contributed by atoms with van der Waals surface area (Å²) < 4.78 is 6.67. The highest BCUT2D eigenvalue weighted by atomic mass is 16.4. The lowest BCUT2D eigenvalue weighted by Gasteiger charge is -2.14. The normalized spacial score (nSPS) is 12.3. The molecule has 0 bridgehead atoms. The number of rotatable bonds is 4. The summed E-state index contributed by atoms with van der Waals surface area (Å²) in [6.07, 6.45) is 0. The third-order valence-corrected chi connectivity index (χ3v) is 4.32. The molecule has 0 unspecified atom stereocenters. The fourth-order valence-electron chi connectivity index (χ4n) is 3.09. The van der Waals surface area contributed by atoms with Gasteiger partial charge in [-0.15, -0.1) is 0 Å². The van der Waals surface area contributed by atoms with Crippen molar-refractivity contribution >= 4 is 27.8 Å². The Bertz CT molecular complexity index is 1270. The van der Waals surface area contributed by atoms with E-state index in [1.165, 1.54) is 4.57 Å². The van der Waals surface area contributed by atoms with Gasteiger partial charge in [0, 0.05) is 18.0 Å². The Kier molecular flexibility index (Phi) is 4.08. The Morgan fingerprint density at radius 3 is 2.67 bits per heavy atom. The van der Waals surface area contributed by atoms with Gasteiger partial charge in [0.25, 0.3) is 11.5 Å². The summed E-state index contributed by atoms with van der Waals surface area (Å²) in [5.41, 5.74) is 0.929. The number of nitrogens with zero attached hydrogens (tertiary/aromatic N) is 2. The molecule has 0 aliphatic heterocycles. The molecule has 2 aromatic carbocycles. The summed E-state index contributed by atoms with van der Waals surface area (Å²) in [5, 5.41) is 9.90. The van der Waals surface area contributed by atoms with Gasteiger partial charge in [-0.2, -0.15) is 5.10 Å². The van der Waals surface area contributed by atoms with Crippen molar-refractivity contribution in [1.82, 2.24) is 20.1 Å². The first-order valence-electron chi connectivity index (χ1n) is 8.41. The molecule has 27 heavy (non-hydrogen) atoms. The van der Waals surface area contributed by atoms with E-state index in [9.17, 15) is 14.4 Å². The average molecular weight is 364 g/mol. The number of benzene rings is 2. The van der Waals surface area contributed by atoms with Crippen LogP contribution >= 0.6 is 0 Å². The van der Waals surface area contributed by atoms with Crippen LogP contribution in [0.5, 0.6) is 0 Å². The van der Waals surface area contributed by atoms with Crippen molar-refractivity contribution in [1.29, 1.82) is 0 Å². The van der Waals surface area contributed by atoms with Crippen LogP contribution in [-0.4, -0.2) is 26.7 Å². The van der Waals surface area contributed by atoms with Crippen LogP contribution in [0.3, 0.4) is 0 Å². The second-order valence-electron chi connectivity index (χ2n) is 6.27. The summed E-state index contributed by atoms with van der Waals surface area (Å²) >= 11 is 0. The number of nitrogens with one attached hydrogen (secondary N) is 2. The van der Waals surface area contributed by atoms with Crippen molar-refractivity contribution in [3.05, 3.63) is 75.1 Å². The van der Waals surface area contributed by atoms with E-state index in [1.807, 2.05) is 6.07 Å². The monoisotopic (exact) mass is 364 g/mol. The number of carbonyl (C=O) groups is 1. The molecule has 136 valence electrons. The van der Waals surface area contributed by atoms with Crippen LogP contribution in [0, 0.1) is 0 Å². The zero-order chi connectivity index (χ0) is 19.0. The van der Waals surface area contributed by atoms with Crippen molar-refractivity contribution in [2.45, 2.75) is 19.5 Å². The maximum absolute atomic E-state index is 12.7. The zero-order valence-corrected chi connectivity index (χ0v) is 14.4. The van der Waals surface area contributed by atoms with Crippen LogP contribution in [0.4, 0.5) is 0 Å². The number of H-pyrrole nitrogens is 1. The molecule has 8 heteroatoms. The molecule has 0 fully saturated rings. The number of carbonyl (C=O) groups excluding carboxylic acids is 1. The van der Waals surface area contributed by atoms with Gasteiger partial charge < -0.3 is 9.73 Å². The molecular weight excluding hydrogens is 348 g/mol. The molecule has 0 aliphatic carbocycles. The first-order valence-corrected chi connectivity index (χ1v) is 8.41. The highest BCUT2D eigenvalue weighted by Crippen LogP contribution is 2.14. The smallest absolute Gasteiger partial charge is 0.408 e. The highest BCUT2D eigenvalue weighted by Gasteiger charge is 2.18. The van der Waals surface area contributed by atoms with Gasteiger partial charge in [0.05, 0.1) is 10.9 Å². The average Bonchev–Trinajstić information content (AvgIpc) is 2.97. The zero-order valence-electron chi connectivity index (χ0n) is 14.4. The van der Waals surface area contributed by atoms with Crippen LogP contribution in [0.15, 0.2) is 62.5 Å². The van der Waals surface area contributed by atoms with E-state index in [0.29, 0.717) is 21.9 Å². The minimum Gasteiger partial charge on any atom is -0.408 e. The van der Waals surface area contributed by atoms with E-state index in [4.69, 9.17) is 4.42 Å². The molecule has 0 aliphatic rings. The Morgan fingerprint density at radius 1 is 1.15 bits per heavy atom. The lowest BCUT2D eigenvalue weighted by Crippen LogP contribution is -2.38. The molecule has 4 aromatic rings. The number of aromatic nitrogens is 3. The number of para-hydroxylation sites is 2. The summed E-state index contributed by atoms with van der Waals surface area (Å²) in [7, 11) is 0. The quantitative estimate of drug-likeness (QED) is 0.572. The molecule has 1 atom stereocenters. The third-order valence-electron chi connectivity index (χ3n) is 4.32. The van der Waals surface area contributed by atoms with Crippen LogP contribution in [0.1, 0.15) is 17.4 Å². The van der Waals surface area contributed by atoms with Crippen molar-refractivity contribution in [2.75, 3.05) is 0 Å². The number of fused-ring (bicyclic) bond motifs is 2. The molecule has 0 spiro atoms. The Labute approximate surface area is 152 Å². The van der Waals surface area contributed by atoms with E-state index in [1.54, 1.807) is 49.4 Å². The fraction of sp³-hybridized carbons (Fsp3) is 0.158. The summed E-state index contributed by atoms with van der Waals surface area (Å²) in [6, 6.07) is 13.5. The Balaban J connectivity index is 1.60. The molecule has 0 saturated carbocycles. The number of amides is 1. The SMILES string of the molecule is C[C@@H](Cn1c(=O)oc2ccccc21)NC(=O)c1n[nH]c(=O)c2ccccc12. The second-order valence-corrected chi connectivity index (χ2v) is 6.27. The maximum atomic E-state index is 12.7. The first-order chi connectivity index (χ1) is 13.0. The van der Waals surface area contributed by atoms with Gasteiger partial charge in [-0.05, 0) is 25.1 Å². The predicted molar refractivity (Wildman–Crippen MR) is 99.8 cm³/mol.